The first-order chi connectivity index (χ1) is 11.7. The number of carbonyl (C=O) groups is 1. The minimum atomic E-state index is -3.39. The third-order valence-electron chi connectivity index (χ3n) is 4.80. The molecule has 6 nitrogen and oxygen atoms in total. The summed E-state index contributed by atoms with van der Waals surface area (Å²) in [6.45, 7) is 8.51. The number of amides is 1. The number of piperazine rings is 1. The predicted octanol–water partition coefficient (Wildman–Crippen LogP) is 1.70. The van der Waals surface area contributed by atoms with Crippen molar-refractivity contribution in [2.24, 2.45) is 0 Å². The molecule has 1 atom stereocenters. The maximum absolute atomic E-state index is 12.6. The van der Waals surface area contributed by atoms with Crippen molar-refractivity contribution in [1.82, 2.24) is 9.21 Å². The summed E-state index contributed by atoms with van der Waals surface area (Å²) < 4.78 is 25.2. The van der Waals surface area contributed by atoms with E-state index in [1.807, 2.05) is 19.9 Å². The molecule has 1 fully saturated rings. The Morgan fingerprint density at radius 3 is 2.40 bits per heavy atom. The van der Waals surface area contributed by atoms with Gasteiger partial charge in [0.2, 0.25) is 15.9 Å². The van der Waals surface area contributed by atoms with E-state index in [1.54, 1.807) is 4.90 Å². The minimum Gasteiger partial charge on any atom is -0.368 e. The first-order valence-corrected chi connectivity index (χ1v) is 10.6. The molecule has 1 saturated heterocycles. The van der Waals surface area contributed by atoms with Crippen LogP contribution in [0.4, 0.5) is 5.69 Å². The SMILES string of the molecule is CCC(C)N(CC(=O)N1CCN(c2cccc(C)c2)CC1)S(C)(=O)=O. The zero-order chi connectivity index (χ0) is 18.6. The van der Waals surface area contributed by atoms with E-state index in [2.05, 4.69) is 30.0 Å². The highest BCUT2D eigenvalue weighted by Crippen LogP contribution is 2.18. The molecule has 0 aliphatic carbocycles. The van der Waals surface area contributed by atoms with Crippen molar-refractivity contribution in [2.75, 3.05) is 43.9 Å². The van der Waals surface area contributed by atoms with Gasteiger partial charge in [-0.05, 0) is 38.0 Å². The van der Waals surface area contributed by atoms with E-state index in [0.29, 0.717) is 19.5 Å². The molecule has 1 aliphatic rings. The Labute approximate surface area is 151 Å². The molecule has 0 spiro atoms. The van der Waals surface area contributed by atoms with E-state index in [4.69, 9.17) is 0 Å². The highest BCUT2D eigenvalue weighted by atomic mass is 32.2. The third-order valence-corrected chi connectivity index (χ3v) is 6.14. The number of carbonyl (C=O) groups excluding carboxylic acids is 1. The number of hydrogen-bond acceptors (Lipinski definition) is 4. The van der Waals surface area contributed by atoms with E-state index in [0.717, 1.165) is 13.1 Å². The molecule has 7 heteroatoms. The molecule has 0 radical (unpaired) electrons. The van der Waals surface area contributed by atoms with Crippen LogP contribution in [0.25, 0.3) is 0 Å². The second kappa shape index (κ2) is 8.19. The molecule has 0 saturated carbocycles. The average molecular weight is 368 g/mol. The van der Waals surface area contributed by atoms with E-state index >= 15 is 0 Å². The van der Waals surface area contributed by atoms with Gasteiger partial charge in [0.15, 0.2) is 0 Å². The Kier molecular flexibility index (Phi) is 6.46. The summed E-state index contributed by atoms with van der Waals surface area (Å²) in [6, 6.07) is 8.16. The highest BCUT2D eigenvalue weighted by molar-refractivity contribution is 7.88. The van der Waals surface area contributed by atoms with Crippen LogP contribution >= 0.6 is 0 Å². The van der Waals surface area contributed by atoms with Gasteiger partial charge in [-0.1, -0.05) is 19.1 Å². The Balaban J connectivity index is 1.96. The molecule has 1 heterocycles. The van der Waals surface area contributed by atoms with Crippen molar-refractivity contribution in [2.45, 2.75) is 33.2 Å². The maximum Gasteiger partial charge on any atom is 0.238 e. The lowest BCUT2D eigenvalue weighted by molar-refractivity contribution is -0.132. The zero-order valence-electron chi connectivity index (χ0n) is 15.6. The van der Waals surface area contributed by atoms with Crippen LogP contribution in [-0.4, -0.2) is 68.6 Å². The van der Waals surface area contributed by atoms with Crippen LogP contribution in [0, 0.1) is 6.92 Å². The molecule has 140 valence electrons. The van der Waals surface area contributed by atoms with Gasteiger partial charge in [0.05, 0.1) is 12.8 Å². The molecular formula is C18H29N3O3S. The van der Waals surface area contributed by atoms with Crippen molar-refractivity contribution in [3.63, 3.8) is 0 Å². The molecule has 1 amide bonds. The molecule has 1 aromatic rings. The Morgan fingerprint density at radius 1 is 1.24 bits per heavy atom. The van der Waals surface area contributed by atoms with Crippen molar-refractivity contribution < 1.29 is 13.2 Å². The van der Waals surface area contributed by atoms with Gasteiger partial charge < -0.3 is 9.80 Å². The number of benzene rings is 1. The molecule has 2 rings (SSSR count). The molecule has 1 unspecified atom stereocenters. The Hall–Kier alpha value is -1.60. The second-order valence-corrected chi connectivity index (χ2v) is 8.71. The number of sulfonamides is 1. The monoisotopic (exact) mass is 367 g/mol. The van der Waals surface area contributed by atoms with Gasteiger partial charge in [-0.15, -0.1) is 0 Å². The predicted molar refractivity (Wildman–Crippen MR) is 101 cm³/mol. The van der Waals surface area contributed by atoms with Crippen LogP contribution in [0.5, 0.6) is 0 Å². The molecule has 0 N–H and O–H groups in total. The van der Waals surface area contributed by atoms with E-state index in [-0.39, 0.29) is 18.5 Å². The summed E-state index contributed by atoms with van der Waals surface area (Å²) in [5, 5.41) is 0. The standard InChI is InChI=1S/C18H29N3O3S/c1-5-16(3)21(25(4,23)24)14-18(22)20-11-9-19(10-12-20)17-8-6-7-15(2)13-17/h6-8,13,16H,5,9-12,14H2,1-4H3. The lowest BCUT2D eigenvalue weighted by atomic mass is 10.2. The van der Waals surface area contributed by atoms with Gasteiger partial charge in [-0.2, -0.15) is 4.31 Å². The summed E-state index contributed by atoms with van der Waals surface area (Å²) in [7, 11) is -3.39. The lowest BCUT2D eigenvalue weighted by Crippen LogP contribution is -2.52. The van der Waals surface area contributed by atoms with Gasteiger partial charge >= 0.3 is 0 Å². The molecule has 25 heavy (non-hydrogen) atoms. The smallest absolute Gasteiger partial charge is 0.238 e. The number of anilines is 1. The van der Waals surface area contributed by atoms with Crippen LogP contribution in [0.3, 0.4) is 0 Å². The van der Waals surface area contributed by atoms with Crippen LogP contribution in [-0.2, 0) is 14.8 Å². The minimum absolute atomic E-state index is 0.0711. The van der Waals surface area contributed by atoms with E-state index in [9.17, 15) is 13.2 Å². The quantitative estimate of drug-likeness (QED) is 0.768. The van der Waals surface area contributed by atoms with Crippen LogP contribution in [0.2, 0.25) is 0 Å². The molecule has 0 aromatic heterocycles. The fraction of sp³-hybridized carbons (Fsp3) is 0.611. The molecule has 0 bridgehead atoms. The summed E-state index contributed by atoms with van der Waals surface area (Å²) in [4.78, 5) is 16.6. The zero-order valence-corrected chi connectivity index (χ0v) is 16.4. The third kappa shape index (κ3) is 5.19. The van der Waals surface area contributed by atoms with Gasteiger partial charge in [-0.3, -0.25) is 4.79 Å². The Bertz CT molecular complexity index is 697. The van der Waals surface area contributed by atoms with Gasteiger partial charge in [0, 0.05) is 37.9 Å². The van der Waals surface area contributed by atoms with Gasteiger partial charge in [-0.25, -0.2) is 8.42 Å². The first kappa shape index (κ1) is 19.7. The van der Waals surface area contributed by atoms with E-state index < -0.39 is 10.0 Å². The number of aryl methyl sites for hydroxylation is 1. The second-order valence-electron chi connectivity index (χ2n) is 6.77. The van der Waals surface area contributed by atoms with Gasteiger partial charge in [0.25, 0.3) is 0 Å². The fourth-order valence-corrected chi connectivity index (χ4v) is 4.22. The maximum atomic E-state index is 12.6. The number of nitrogens with zero attached hydrogens (tertiary/aromatic N) is 3. The van der Waals surface area contributed by atoms with Crippen LogP contribution in [0.15, 0.2) is 24.3 Å². The largest absolute Gasteiger partial charge is 0.368 e. The normalized spacial score (nSPS) is 17.0. The first-order valence-electron chi connectivity index (χ1n) is 8.78. The highest BCUT2D eigenvalue weighted by Gasteiger charge is 2.28. The van der Waals surface area contributed by atoms with Crippen molar-refractivity contribution in [3.8, 4) is 0 Å². The molecule has 1 aliphatic heterocycles. The van der Waals surface area contributed by atoms with Crippen LogP contribution < -0.4 is 4.90 Å². The van der Waals surface area contributed by atoms with Crippen molar-refractivity contribution >= 4 is 21.6 Å². The van der Waals surface area contributed by atoms with Crippen molar-refractivity contribution in [3.05, 3.63) is 29.8 Å². The summed E-state index contributed by atoms with van der Waals surface area (Å²) >= 11 is 0. The summed E-state index contributed by atoms with van der Waals surface area (Å²) in [6.07, 6.45) is 1.85. The van der Waals surface area contributed by atoms with Crippen molar-refractivity contribution in [1.29, 1.82) is 0 Å². The molecular weight excluding hydrogens is 338 g/mol. The summed E-state index contributed by atoms with van der Waals surface area (Å²) in [5.74, 6) is -0.116. The van der Waals surface area contributed by atoms with Gasteiger partial charge in [0.1, 0.15) is 0 Å². The van der Waals surface area contributed by atoms with E-state index in [1.165, 1.54) is 21.8 Å². The topological polar surface area (TPSA) is 60.9 Å². The lowest BCUT2D eigenvalue weighted by Gasteiger charge is -2.37. The number of hydrogen-bond donors (Lipinski definition) is 0. The fourth-order valence-electron chi connectivity index (χ4n) is 3.08. The average Bonchev–Trinajstić information content (AvgIpc) is 2.58. The van der Waals surface area contributed by atoms with Crippen LogP contribution in [0.1, 0.15) is 25.8 Å². The Morgan fingerprint density at radius 2 is 1.88 bits per heavy atom. The number of rotatable bonds is 6. The summed E-state index contributed by atoms with van der Waals surface area (Å²) in [5.41, 5.74) is 2.39. The molecule has 1 aromatic carbocycles.